The summed E-state index contributed by atoms with van der Waals surface area (Å²) in [4.78, 5) is 31.5. The first-order valence-electron chi connectivity index (χ1n) is 8.24. The fraction of sp³-hybridized carbons (Fsp3) is 0.588. The summed E-state index contributed by atoms with van der Waals surface area (Å²) in [5, 5.41) is 3.72. The van der Waals surface area contributed by atoms with Crippen molar-refractivity contribution < 1.29 is 4.79 Å². The van der Waals surface area contributed by atoms with E-state index in [1.807, 2.05) is 13.8 Å². The summed E-state index contributed by atoms with van der Waals surface area (Å²) in [6.07, 6.45) is 5.68. The Morgan fingerprint density at radius 2 is 1.96 bits per heavy atom. The molecular weight excluding hydrogens is 310 g/mol. The highest BCUT2D eigenvalue weighted by atomic mass is 32.1. The van der Waals surface area contributed by atoms with Gasteiger partial charge in [-0.05, 0) is 39.2 Å². The lowest BCUT2D eigenvalue weighted by molar-refractivity contribution is -0.122. The first kappa shape index (κ1) is 16.2. The summed E-state index contributed by atoms with van der Waals surface area (Å²) in [5.41, 5.74) is 0.872. The Hall–Kier alpha value is -1.69. The van der Waals surface area contributed by atoms with Crippen LogP contribution < -0.4 is 10.9 Å². The van der Waals surface area contributed by atoms with E-state index in [0.717, 1.165) is 28.1 Å². The molecule has 6 heteroatoms. The van der Waals surface area contributed by atoms with E-state index in [-0.39, 0.29) is 24.1 Å². The van der Waals surface area contributed by atoms with Crippen LogP contribution in [0.4, 0.5) is 0 Å². The van der Waals surface area contributed by atoms with Crippen molar-refractivity contribution in [2.24, 2.45) is 0 Å². The third kappa shape index (κ3) is 3.17. The third-order valence-corrected chi connectivity index (χ3v) is 5.85. The van der Waals surface area contributed by atoms with E-state index < -0.39 is 0 Å². The Labute approximate surface area is 139 Å². The average molecular weight is 333 g/mol. The minimum atomic E-state index is -0.104. The summed E-state index contributed by atoms with van der Waals surface area (Å²) >= 11 is 1.54. The fourth-order valence-corrected chi connectivity index (χ4v) is 4.34. The number of nitrogens with one attached hydrogen (secondary N) is 1. The van der Waals surface area contributed by atoms with E-state index in [2.05, 4.69) is 10.3 Å². The second kappa shape index (κ2) is 6.43. The molecule has 5 nitrogen and oxygen atoms in total. The summed E-state index contributed by atoms with van der Waals surface area (Å²) in [7, 11) is 0. The molecule has 23 heavy (non-hydrogen) atoms. The fourth-order valence-electron chi connectivity index (χ4n) is 3.28. The molecule has 1 amide bonds. The van der Waals surface area contributed by atoms with Crippen LogP contribution in [0.15, 0.2) is 4.79 Å². The SMILES string of the molecule is Cc1sc2nc(C)n(CC(=O)NC3CCCCC3)c(=O)c2c1C. The van der Waals surface area contributed by atoms with Gasteiger partial charge < -0.3 is 5.32 Å². The van der Waals surface area contributed by atoms with Gasteiger partial charge in [0.05, 0.1) is 5.39 Å². The molecule has 0 aromatic carbocycles. The largest absolute Gasteiger partial charge is 0.352 e. The van der Waals surface area contributed by atoms with Gasteiger partial charge in [0, 0.05) is 10.9 Å². The van der Waals surface area contributed by atoms with Crippen LogP contribution in [0.1, 0.15) is 48.4 Å². The predicted octanol–water partition coefficient (Wildman–Crippen LogP) is 2.83. The number of hydrogen-bond donors (Lipinski definition) is 1. The molecule has 0 unspecified atom stereocenters. The third-order valence-electron chi connectivity index (χ3n) is 4.75. The molecular formula is C17H23N3O2S. The molecule has 3 rings (SSSR count). The van der Waals surface area contributed by atoms with Gasteiger partial charge in [0.25, 0.3) is 5.56 Å². The lowest BCUT2D eigenvalue weighted by Gasteiger charge is -2.23. The highest BCUT2D eigenvalue weighted by Gasteiger charge is 2.19. The summed E-state index contributed by atoms with van der Waals surface area (Å²) in [5.74, 6) is 0.510. The zero-order valence-corrected chi connectivity index (χ0v) is 14.8. The van der Waals surface area contributed by atoms with Gasteiger partial charge in [-0.2, -0.15) is 0 Å². The van der Waals surface area contributed by atoms with Gasteiger partial charge in [-0.15, -0.1) is 11.3 Å². The van der Waals surface area contributed by atoms with Gasteiger partial charge in [-0.3, -0.25) is 14.2 Å². The Balaban J connectivity index is 1.86. The van der Waals surface area contributed by atoms with E-state index in [1.165, 1.54) is 35.2 Å². The van der Waals surface area contributed by atoms with Crippen molar-refractivity contribution in [1.82, 2.24) is 14.9 Å². The van der Waals surface area contributed by atoms with Gasteiger partial charge in [-0.1, -0.05) is 19.3 Å². The Bertz CT molecular complexity index is 800. The predicted molar refractivity (Wildman–Crippen MR) is 93.1 cm³/mol. The quantitative estimate of drug-likeness (QED) is 0.939. The van der Waals surface area contributed by atoms with E-state index in [0.29, 0.717) is 11.2 Å². The number of fused-ring (bicyclic) bond motifs is 1. The minimum absolute atomic E-state index is 0.0540. The molecule has 1 fully saturated rings. The minimum Gasteiger partial charge on any atom is -0.352 e. The maximum Gasteiger partial charge on any atom is 0.263 e. The lowest BCUT2D eigenvalue weighted by Crippen LogP contribution is -2.40. The lowest BCUT2D eigenvalue weighted by atomic mass is 9.95. The first-order chi connectivity index (χ1) is 11.0. The number of carbonyl (C=O) groups is 1. The highest BCUT2D eigenvalue weighted by molar-refractivity contribution is 7.18. The van der Waals surface area contributed by atoms with Crippen molar-refractivity contribution in [3.8, 4) is 0 Å². The van der Waals surface area contributed by atoms with Crippen LogP contribution in [0, 0.1) is 20.8 Å². The summed E-state index contributed by atoms with van der Waals surface area (Å²) < 4.78 is 1.50. The van der Waals surface area contributed by atoms with Crippen LogP contribution in [0.3, 0.4) is 0 Å². The number of nitrogens with zero attached hydrogens (tertiary/aromatic N) is 2. The Morgan fingerprint density at radius 1 is 1.26 bits per heavy atom. The van der Waals surface area contributed by atoms with E-state index in [9.17, 15) is 9.59 Å². The van der Waals surface area contributed by atoms with Gasteiger partial charge in [0.1, 0.15) is 17.2 Å². The van der Waals surface area contributed by atoms with E-state index in [4.69, 9.17) is 0 Å². The van der Waals surface area contributed by atoms with Crippen LogP contribution in [-0.2, 0) is 11.3 Å². The molecule has 0 bridgehead atoms. The molecule has 2 heterocycles. The van der Waals surface area contributed by atoms with Crippen LogP contribution in [-0.4, -0.2) is 21.5 Å². The Morgan fingerprint density at radius 3 is 2.65 bits per heavy atom. The van der Waals surface area contributed by atoms with Crippen molar-refractivity contribution in [3.05, 3.63) is 26.6 Å². The summed E-state index contributed by atoms with van der Waals surface area (Å²) in [6.45, 7) is 5.78. The number of carbonyl (C=O) groups excluding carboxylic acids is 1. The van der Waals surface area contributed by atoms with Crippen molar-refractivity contribution in [3.63, 3.8) is 0 Å². The van der Waals surface area contributed by atoms with Crippen molar-refractivity contribution in [2.75, 3.05) is 0 Å². The van der Waals surface area contributed by atoms with E-state index >= 15 is 0 Å². The molecule has 1 aliphatic rings. The van der Waals surface area contributed by atoms with Gasteiger partial charge in [-0.25, -0.2) is 4.98 Å². The number of aromatic nitrogens is 2. The molecule has 1 aliphatic carbocycles. The average Bonchev–Trinajstić information content (AvgIpc) is 2.79. The molecule has 0 aliphatic heterocycles. The summed E-state index contributed by atoms with van der Waals surface area (Å²) in [6, 6.07) is 0.258. The number of amides is 1. The topological polar surface area (TPSA) is 64.0 Å². The Kier molecular flexibility index (Phi) is 4.53. The van der Waals surface area contributed by atoms with Crippen LogP contribution >= 0.6 is 11.3 Å². The second-order valence-corrected chi connectivity index (χ2v) is 7.62. The zero-order chi connectivity index (χ0) is 16.6. The van der Waals surface area contributed by atoms with E-state index in [1.54, 1.807) is 6.92 Å². The molecule has 1 N–H and O–H groups in total. The standard InChI is InChI=1S/C17H23N3O2S/c1-10-11(2)23-16-15(10)17(22)20(12(3)18-16)9-14(21)19-13-7-5-4-6-8-13/h13H,4-9H2,1-3H3,(H,19,21). The normalized spacial score (nSPS) is 16.0. The maximum absolute atomic E-state index is 12.8. The van der Waals surface area contributed by atoms with Gasteiger partial charge in [0.2, 0.25) is 5.91 Å². The van der Waals surface area contributed by atoms with Crippen molar-refractivity contribution in [2.45, 2.75) is 65.5 Å². The number of thiophene rings is 1. The van der Waals surface area contributed by atoms with Crippen LogP contribution in [0.25, 0.3) is 10.2 Å². The molecule has 124 valence electrons. The molecule has 1 saturated carbocycles. The maximum atomic E-state index is 12.8. The number of rotatable bonds is 3. The zero-order valence-electron chi connectivity index (χ0n) is 13.9. The van der Waals surface area contributed by atoms with Gasteiger partial charge >= 0.3 is 0 Å². The second-order valence-electron chi connectivity index (χ2n) is 6.42. The molecule has 0 saturated heterocycles. The highest BCUT2D eigenvalue weighted by Crippen LogP contribution is 2.26. The van der Waals surface area contributed by atoms with Crippen molar-refractivity contribution >= 4 is 27.5 Å². The molecule has 0 atom stereocenters. The number of aryl methyl sites for hydroxylation is 3. The van der Waals surface area contributed by atoms with Crippen LogP contribution in [0.5, 0.6) is 0 Å². The smallest absolute Gasteiger partial charge is 0.263 e. The molecule has 0 spiro atoms. The van der Waals surface area contributed by atoms with Crippen molar-refractivity contribution in [1.29, 1.82) is 0 Å². The monoisotopic (exact) mass is 333 g/mol. The van der Waals surface area contributed by atoms with Crippen LogP contribution in [0.2, 0.25) is 0 Å². The molecule has 2 aromatic rings. The van der Waals surface area contributed by atoms with Gasteiger partial charge in [0.15, 0.2) is 0 Å². The first-order valence-corrected chi connectivity index (χ1v) is 9.05. The molecule has 2 aromatic heterocycles. The number of hydrogen-bond acceptors (Lipinski definition) is 4. The molecule has 0 radical (unpaired) electrons.